The lowest BCUT2D eigenvalue weighted by Crippen LogP contribution is -2.40. The first-order valence-corrected chi connectivity index (χ1v) is 7.97. The number of nitriles is 1. The van der Waals surface area contributed by atoms with Crippen molar-refractivity contribution in [2.75, 3.05) is 11.4 Å². The smallest absolute Gasteiger partial charge is 0.239 e. The van der Waals surface area contributed by atoms with Gasteiger partial charge in [0.15, 0.2) is 0 Å². The fraction of sp³-hybridized carbons (Fsp3) is 0.400. The van der Waals surface area contributed by atoms with Gasteiger partial charge in [0, 0.05) is 12.2 Å². The summed E-state index contributed by atoms with van der Waals surface area (Å²) in [7, 11) is 0. The van der Waals surface area contributed by atoms with Crippen molar-refractivity contribution in [2.45, 2.75) is 46.0 Å². The van der Waals surface area contributed by atoms with Crippen LogP contribution in [-0.4, -0.2) is 12.5 Å². The van der Waals surface area contributed by atoms with Crippen LogP contribution in [0.1, 0.15) is 46.1 Å². The molecule has 2 rings (SSSR count). The highest BCUT2D eigenvalue weighted by molar-refractivity contribution is 6.08. The first-order valence-electron chi connectivity index (χ1n) is 7.97. The Morgan fingerprint density at radius 1 is 1.17 bits per heavy atom. The number of rotatable bonds is 5. The average molecular weight is 308 g/mol. The van der Waals surface area contributed by atoms with Gasteiger partial charge in [0.05, 0.1) is 17.9 Å². The second-order valence-electron chi connectivity index (χ2n) is 6.62. The van der Waals surface area contributed by atoms with E-state index in [0.717, 1.165) is 16.8 Å². The van der Waals surface area contributed by atoms with E-state index in [9.17, 15) is 10.1 Å². The van der Waals surface area contributed by atoms with Gasteiger partial charge in [-0.05, 0) is 45.7 Å². The number of carbonyl (C=O) groups excluding carboxylic acids is 1. The molecule has 120 valence electrons. The number of amides is 1. The first kappa shape index (κ1) is 17.0. The number of nitrogens with zero attached hydrogens (tertiary/aromatic N) is 2. The fourth-order valence-electron chi connectivity index (χ4n) is 3.01. The topological polar surface area (TPSA) is 44.1 Å². The molecule has 3 nitrogen and oxygen atoms in total. The second-order valence-corrected chi connectivity index (χ2v) is 6.62. The van der Waals surface area contributed by atoms with Crippen molar-refractivity contribution in [3.63, 3.8) is 0 Å². The van der Waals surface area contributed by atoms with E-state index in [1.165, 1.54) is 5.57 Å². The monoisotopic (exact) mass is 308 g/mol. The summed E-state index contributed by atoms with van der Waals surface area (Å²) < 4.78 is 0. The summed E-state index contributed by atoms with van der Waals surface area (Å²) in [5.74, 6) is 0.0373. The number of allylic oxidation sites excluding steroid dienone is 3. The molecule has 1 heterocycles. The Morgan fingerprint density at radius 3 is 2.43 bits per heavy atom. The minimum Gasteiger partial charge on any atom is -0.307 e. The predicted octanol–water partition coefficient (Wildman–Crippen LogP) is 4.51. The summed E-state index contributed by atoms with van der Waals surface area (Å²) in [6.45, 7) is 8.65. The maximum absolute atomic E-state index is 13.2. The molecule has 1 amide bonds. The van der Waals surface area contributed by atoms with Gasteiger partial charge in [-0.15, -0.1) is 0 Å². The lowest BCUT2D eigenvalue weighted by atomic mass is 9.76. The molecule has 1 aromatic rings. The summed E-state index contributed by atoms with van der Waals surface area (Å²) in [4.78, 5) is 15.0. The molecule has 0 aliphatic carbocycles. The number of carbonyl (C=O) groups is 1. The zero-order chi connectivity index (χ0) is 17.0. The van der Waals surface area contributed by atoms with E-state index < -0.39 is 5.41 Å². The van der Waals surface area contributed by atoms with Crippen molar-refractivity contribution < 1.29 is 4.79 Å². The van der Waals surface area contributed by atoms with Gasteiger partial charge in [0.2, 0.25) is 5.91 Å². The minimum absolute atomic E-state index is 0.0373. The molecular weight excluding hydrogens is 284 g/mol. The highest BCUT2D eigenvalue weighted by atomic mass is 16.2. The minimum atomic E-state index is -0.752. The van der Waals surface area contributed by atoms with Crippen molar-refractivity contribution in [3.8, 4) is 6.07 Å². The van der Waals surface area contributed by atoms with E-state index in [-0.39, 0.29) is 12.3 Å². The van der Waals surface area contributed by atoms with E-state index in [2.05, 4.69) is 18.2 Å². The van der Waals surface area contributed by atoms with Crippen LogP contribution < -0.4 is 4.90 Å². The molecule has 0 radical (unpaired) electrons. The lowest BCUT2D eigenvalue weighted by Gasteiger charge is -2.25. The summed E-state index contributed by atoms with van der Waals surface area (Å²) in [6, 6.07) is 10.1. The number of benzene rings is 1. The zero-order valence-corrected chi connectivity index (χ0v) is 14.4. The Balaban J connectivity index is 2.55. The highest BCUT2D eigenvalue weighted by Gasteiger charge is 2.49. The van der Waals surface area contributed by atoms with Gasteiger partial charge >= 0.3 is 0 Å². The van der Waals surface area contributed by atoms with Crippen LogP contribution >= 0.6 is 0 Å². The maximum atomic E-state index is 13.2. The van der Waals surface area contributed by atoms with Crippen molar-refractivity contribution in [1.29, 1.82) is 5.26 Å². The molecule has 0 N–H and O–H groups in total. The third-order valence-corrected chi connectivity index (χ3v) is 4.29. The van der Waals surface area contributed by atoms with E-state index in [4.69, 9.17) is 0 Å². The van der Waals surface area contributed by atoms with Gasteiger partial charge in [-0.3, -0.25) is 4.79 Å². The predicted molar refractivity (Wildman–Crippen MR) is 94.2 cm³/mol. The van der Waals surface area contributed by atoms with Crippen LogP contribution in [0.3, 0.4) is 0 Å². The Labute approximate surface area is 138 Å². The number of para-hydroxylation sites is 1. The molecule has 1 unspecified atom stereocenters. The summed E-state index contributed by atoms with van der Waals surface area (Å²) >= 11 is 0. The van der Waals surface area contributed by atoms with Crippen LogP contribution in [0.15, 0.2) is 47.6 Å². The molecule has 0 spiro atoms. The summed E-state index contributed by atoms with van der Waals surface area (Å²) in [5.41, 5.74) is 3.50. The number of fused-ring (bicyclic) bond motifs is 1. The van der Waals surface area contributed by atoms with Crippen LogP contribution in [0, 0.1) is 11.3 Å². The van der Waals surface area contributed by atoms with Gasteiger partial charge in [-0.2, -0.15) is 5.26 Å². The highest BCUT2D eigenvalue weighted by Crippen LogP contribution is 2.46. The molecule has 0 saturated carbocycles. The molecule has 23 heavy (non-hydrogen) atoms. The lowest BCUT2D eigenvalue weighted by molar-refractivity contribution is -0.122. The van der Waals surface area contributed by atoms with E-state index >= 15 is 0 Å². The SMILES string of the molecule is CC(C)=CCN1C(=O)C(CC#N)(CC=C(C)C)c2ccccc21. The summed E-state index contributed by atoms with van der Waals surface area (Å²) in [6.07, 6.45) is 4.90. The van der Waals surface area contributed by atoms with Crippen LogP contribution in [0.4, 0.5) is 5.69 Å². The molecule has 0 aromatic heterocycles. The van der Waals surface area contributed by atoms with Crippen molar-refractivity contribution in [3.05, 3.63) is 53.1 Å². The van der Waals surface area contributed by atoms with Gasteiger partial charge in [-0.25, -0.2) is 0 Å². The largest absolute Gasteiger partial charge is 0.307 e. The quantitative estimate of drug-likeness (QED) is 0.751. The molecular formula is C20H24N2O. The maximum Gasteiger partial charge on any atom is 0.239 e. The van der Waals surface area contributed by atoms with Crippen LogP contribution in [0.25, 0.3) is 0 Å². The third-order valence-electron chi connectivity index (χ3n) is 4.29. The van der Waals surface area contributed by atoms with Crippen LogP contribution in [0.2, 0.25) is 0 Å². The number of hydrogen-bond acceptors (Lipinski definition) is 2. The molecule has 1 aromatic carbocycles. The Kier molecular flexibility index (Phi) is 5.05. The molecule has 0 bridgehead atoms. The molecule has 1 aliphatic heterocycles. The van der Waals surface area contributed by atoms with E-state index in [0.29, 0.717) is 13.0 Å². The van der Waals surface area contributed by atoms with Crippen LogP contribution in [0.5, 0.6) is 0 Å². The van der Waals surface area contributed by atoms with Crippen molar-refractivity contribution >= 4 is 11.6 Å². The van der Waals surface area contributed by atoms with Gasteiger partial charge < -0.3 is 4.90 Å². The molecule has 0 saturated heterocycles. The average Bonchev–Trinajstić information content (AvgIpc) is 2.73. The fourth-order valence-corrected chi connectivity index (χ4v) is 3.01. The molecule has 0 fully saturated rings. The summed E-state index contributed by atoms with van der Waals surface area (Å²) in [5, 5.41) is 9.35. The first-order chi connectivity index (χ1) is 10.9. The van der Waals surface area contributed by atoms with Crippen molar-refractivity contribution in [2.24, 2.45) is 0 Å². The second kappa shape index (κ2) is 6.83. The van der Waals surface area contributed by atoms with E-state index in [1.54, 1.807) is 0 Å². The Hall–Kier alpha value is -2.34. The van der Waals surface area contributed by atoms with Crippen LogP contribution in [-0.2, 0) is 10.2 Å². The van der Waals surface area contributed by atoms with E-state index in [1.807, 2.05) is 56.9 Å². The normalized spacial score (nSPS) is 19.1. The standard InChI is InChI=1S/C20H24N2O/c1-15(2)9-11-20(12-13-21)17-7-5-6-8-18(17)22(19(20)23)14-10-16(3)4/h5-10H,11-12,14H2,1-4H3. The third kappa shape index (κ3) is 3.22. The van der Waals surface area contributed by atoms with Crippen molar-refractivity contribution in [1.82, 2.24) is 0 Å². The Bertz CT molecular complexity index is 701. The van der Waals surface area contributed by atoms with Gasteiger partial charge in [0.25, 0.3) is 0 Å². The number of anilines is 1. The van der Waals surface area contributed by atoms with Gasteiger partial charge in [0.1, 0.15) is 0 Å². The van der Waals surface area contributed by atoms with Gasteiger partial charge in [-0.1, -0.05) is 41.5 Å². The molecule has 1 aliphatic rings. The number of hydrogen-bond donors (Lipinski definition) is 0. The molecule has 1 atom stereocenters. The zero-order valence-electron chi connectivity index (χ0n) is 14.4. The Morgan fingerprint density at radius 2 is 1.83 bits per heavy atom. The molecule has 3 heteroatoms.